The summed E-state index contributed by atoms with van der Waals surface area (Å²) in [6, 6.07) is 0. The molecule has 1 N–H and O–H groups in total. The molecule has 0 radical (unpaired) electrons. The molecule has 0 aliphatic heterocycles. The highest BCUT2D eigenvalue weighted by atomic mass is 16.2. The molecule has 0 heterocycles. The Morgan fingerprint density at radius 3 is 2.19 bits per heavy atom. The Labute approximate surface area is 97.8 Å². The molecule has 0 saturated carbocycles. The van der Waals surface area contributed by atoms with Gasteiger partial charge in [-0.1, -0.05) is 13.8 Å². The Morgan fingerprint density at radius 1 is 1.12 bits per heavy atom. The highest BCUT2D eigenvalue weighted by Gasteiger charge is 2.13. The first-order valence-electron chi connectivity index (χ1n) is 5.70. The number of rotatable bonds is 7. The number of hydrogen-bond acceptors (Lipinski definition) is 3. The molecule has 0 bridgehead atoms. The minimum absolute atomic E-state index is 0.0183. The number of nitrogens with zero attached hydrogens (tertiary/aromatic N) is 2. The quantitative estimate of drug-likeness (QED) is 0.664. The highest BCUT2D eigenvalue weighted by Crippen LogP contribution is 1.90. The van der Waals surface area contributed by atoms with Crippen molar-refractivity contribution in [3.63, 3.8) is 0 Å². The number of hydrogen-bond donors (Lipinski definition) is 1. The number of carbonyl (C=O) groups excluding carboxylic acids is 2. The van der Waals surface area contributed by atoms with Gasteiger partial charge in [0.05, 0.1) is 13.1 Å². The summed E-state index contributed by atoms with van der Waals surface area (Å²) in [4.78, 5) is 26.3. The van der Waals surface area contributed by atoms with E-state index in [4.69, 9.17) is 0 Å². The maximum atomic E-state index is 11.5. The molecule has 0 aromatic heterocycles. The first-order chi connectivity index (χ1) is 7.51. The lowest BCUT2D eigenvalue weighted by Gasteiger charge is -2.21. The lowest BCUT2D eigenvalue weighted by atomic mass is 10.4. The van der Waals surface area contributed by atoms with E-state index in [2.05, 4.69) is 5.32 Å². The van der Waals surface area contributed by atoms with Crippen LogP contribution < -0.4 is 5.32 Å². The monoisotopic (exact) mass is 229 g/mol. The van der Waals surface area contributed by atoms with Crippen LogP contribution in [0.2, 0.25) is 0 Å². The van der Waals surface area contributed by atoms with Gasteiger partial charge in [-0.15, -0.1) is 0 Å². The summed E-state index contributed by atoms with van der Waals surface area (Å²) in [5, 5.41) is 2.79. The fourth-order valence-corrected chi connectivity index (χ4v) is 1.14. The molecule has 2 amide bonds. The molecule has 0 spiro atoms. The molecular weight excluding hydrogens is 206 g/mol. The Balaban J connectivity index is 4.00. The van der Waals surface area contributed by atoms with Gasteiger partial charge in [-0.25, -0.2) is 0 Å². The molecule has 0 aliphatic carbocycles. The second-order valence-corrected chi connectivity index (χ2v) is 3.94. The fraction of sp³-hybridized carbons (Fsp3) is 0.818. The van der Waals surface area contributed by atoms with Crippen molar-refractivity contribution in [2.75, 3.05) is 40.3 Å². The normalized spacial score (nSPS) is 10.3. The van der Waals surface area contributed by atoms with Crippen molar-refractivity contribution in [1.29, 1.82) is 0 Å². The molecule has 5 heteroatoms. The first kappa shape index (κ1) is 14.9. The van der Waals surface area contributed by atoms with Gasteiger partial charge in [0.25, 0.3) is 0 Å². The van der Waals surface area contributed by atoms with Crippen molar-refractivity contribution in [2.45, 2.75) is 20.3 Å². The predicted molar refractivity (Wildman–Crippen MR) is 64.1 cm³/mol. The summed E-state index contributed by atoms with van der Waals surface area (Å²) in [7, 11) is 3.43. The van der Waals surface area contributed by atoms with Gasteiger partial charge in [0.1, 0.15) is 0 Å². The average Bonchev–Trinajstić information content (AvgIpc) is 2.24. The van der Waals surface area contributed by atoms with E-state index in [1.54, 1.807) is 14.1 Å². The molecule has 0 saturated heterocycles. The van der Waals surface area contributed by atoms with Crippen LogP contribution >= 0.6 is 0 Å². The smallest absolute Gasteiger partial charge is 0.236 e. The third-order valence-corrected chi connectivity index (χ3v) is 2.24. The van der Waals surface area contributed by atoms with Gasteiger partial charge < -0.3 is 10.2 Å². The Morgan fingerprint density at radius 2 is 1.75 bits per heavy atom. The van der Waals surface area contributed by atoms with Gasteiger partial charge in [-0.05, 0) is 13.0 Å². The van der Waals surface area contributed by atoms with Gasteiger partial charge in [0.2, 0.25) is 11.8 Å². The van der Waals surface area contributed by atoms with Crippen LogP contribution in [0.4, 0.5) is 0 Å². The van der Waals surface area contributed by atoms with E-state index in [0.717, 1.165) is 6.42 Å². The lowest BCUT2D eigenvalue weighted by molar-refractivity contribution is -0.130. The van der Waals surface area contributed by atoms with E-state index in [0.29, 0.717) is 19.6 Å². The molecule has 16 heavy (non-hydrogen) atoms. The minimum Gasteiger partial charge on any atom is -0.355 e. The van der Waals surface area contributed by atoms with E-state index in [1.165, 1.54) is 4.90 Å². The minimum atomic E-state index is -0.0183. The topological polar surface area (TPSA) is 52.7 Å². The second-order valence-electron chi connectivity index (χ2n) is 3.94. The van der Waals surface area contributed by atoms with Gasteiger partial charge >= 0.3 is 0 Å². The van der Waals surface area contributed by atoms with Crippen LogP contribution in [-0.2, 0) is 9.59 Å². The zero-order chi connectivity index (χ0) is 12.6. The third kappa shape index (κ3) is 6.40. The third-order valence-electron chi connectivity index (χ3n) is 2.24. The Hall–Kier alpha value is -1.10. The first-order valence-corrected chi connectivity index (χ1v) is 5.70. The molecule has 0 atom stereocenters. The van der Waals surface area contributed by atoms with Crippen LogP contribution in [0.15, 0.2) is 0 Å². The average molecular weight is 229 g/mol. The molecule has 0 aromatic carbocycles. The summed E-state index contributed by atoms with van der Waals surface area (Å²) < 4.78 is 0. The van der Waals surface area contributed by atoms with E-state index >= 15 is 0 Å². The van der Waals surface area contributed by atoms with Gasteiger partial charge in [-0.2, -0.15) is 0 Å². The molecule has 5 nitrogen and oxygen atoms in total. The van der Waals surface area contributed by atoms with Crippen molar-refractivity contribution in [1.82, 2.24) is 15.1 Å². The molecule has 0 unspecified atom stereocenters. The van der Waals surface area contributed by atoms with Crippen LogP contribution in [0.5, 0.6) is 0 Å². The molecular formula is C11H23N3O2. The SMILES string of the molecule is CCCNC(=O)CN(CC)CC(=O)N(C)C. The Bertz CT molecular complexity index is 229. The van der Waals surface area contributed by atoms with Gasteiger partial charge in [-0.3, -0.25) is 14.5 Å². The molecule has 0 aromatic rings. The van der Waals surface area contributed by atoms with Crippen molar-refractivity contribution >= 4 is 11.8 Å². The largest absolute Gasteiger partial charge is 0.355 e. The van der Waals surface area contributed by atoms with Crippen molar-refractivity contribution in [2.24, 2.45) is 0 Å². The molecule has 0 aliphatic rings. The molecule has 0 fully saturated rings. The summed E-state index contributed by atoms with van der Waals surface area (Å²) in [6.07, 6.45) is 0.925. The zero-order valence-corrected chi connectivity index (χ0v) is 10.7. The van der Waals surface area contributed by atoms with E-state index in [9.17, 15) is 9.59 Å². The number of nitrogens with one attached hydrogen (secondary N) is 1. The molecule has 94 valence electrons. The molecule has 0 rings (SSSR count). The summed E-state index contributed by atoms with van der Waals surface area (Å²) in [6.45, 7) is 5.92. The van der Waals surface area contributed by atoms with Crippen molar-refractivity contribution in [3.05, 3.63) is 0 Å². The highest BCUT2D eigenvalue weighted by molar-refractivity contribution is 5.80. The second kappa shape index (κ2) is 8.10. The lowest BCUT2D eigenvalue weighted by Crippen LogP contribution is -2.42. The van der Waals surface area contributed by atoms with Gasteiger partial charge in [0.15, 0.2) is 0 Å². The Kier molecular flexibility index (Phi) is 7.54. The standard InChI is InChI=1S/C11H23N3O2/c1-5-7-12-10(15)8-14(6-2)9-11(16)13(3)4/h5-9H2,1-4H3,(H,12,15). The summed E-state index contributed by atoms with van der Waals surface area (Å²) in [5.41, 5.74) is 0. The van der Waals surface area contributed by atoms with Crippen molar-refractivity contribution in [3.8, 4) is 0 Å². The van der Waals surface area contributed by atoms with Crippen LogP contribution in [0.25, 0.3) is 0 Å². The van der Waals surface area contributed by atoms with Crippen molar-refractivity contribution < 1.29 is 9.59 Å². The van der Waals surface area contributed by atoms with Crippen LogP contribution in [0, 0.1) is 0 Å². The maximum absolute atomic E-state index is 11.5. The number of amides is 2. The number of likely N-dealkylation sites (N-methyl/N-ethyl adjacent to an activating group) is 2. The van der Waals surface area contributed by atoms with Crippen LogP contribution in [0.3, 0.4) is 0 Å². The van der Waals surface area contributed by atoms with Crippen LogP contribution in [0.1, 0.15) is 20.3 Å². The van der Waals surface area contributed by atoms with E-state index in [-0.39, 0.29) is 18.4 Å². The maximum Gasteiger partial charge on any atom is 0.236 e. The van der Waals surface area contributed by atoms with Crippen LogP contribution in [-0.4, -0.2) is 61.9 Å². The zero-order valence-electron chi connectivity index (χ0n) is 10.7. The summed E-state index contributed by atoms with van der Waals surface area (Å²) in [5.74, 6) is 0.000368. The van der Waals surface area contributed by atoms with E-state index in [1.807, 2.05) is 18.7 Å². The summed E-state index contributed by atoms with van der Waals surface area (Å²) >= 11 is 0. The number of carbonyl (C=O) groups is 2. The van der Waals surface area contributed by atoms with Gasteiger partial charge in [0, 0.05) is 20.6 Å². The van der Waals surface area contributed by atoms with E-state index < -0.39 is 0 Å². The predicted octanol–water partition coefficient (Wildman–Crippen LogP) is -0.0773. The fourth-order valence-electron chi connectivity index (χ4n) is 1.14.